The Kier molecular flexibility index (Phi) is 5.83. The molecule has 1 heterocycles. The lowest BCUT2D eigenvalue weighted by Crippen LogP contribution is -2.33. The summed E-state index contributed by atoms with van der Waals surface area (Å²) in [6.45, 7) is 1.78. The molecule has 0 fully saturated rings. The van der Waals surface area contributed by atoms with E-state index in [9.17, 15) is 18.4 Å². The Hall–Kier alpha value is -4.20. The molecule has 0 bridgehead atoms. The summed E-state index contributed by atoms with van der Waals surface area (Å²) < 4.78 is 37.8. The summed E-state index contributed by atoms with van der Waals surface area (Å²) in [6.07, 6.45) is 0. The van der Waals surface area contributed by atoms with Crippen molar-refractivity contribution in [2.75, 3.05) is 24.4 Å². The number of anilines is 2. The second-order valence-corrected chi connectivity index (χ2v) is 7.31. The van der Waals surface area contributed by atoms with Gasteiger partial charge >= 0.3 is 0 Å². The molecule has 3 aromatic rings. The predicted octanol–water partition coefficient (Wildman–Crippen LogP) is 4.69. The number of methoxy groups -OCH3 is 2. The first-order valence-corrected chi connectivity index (χ1v) is 9.99. The van der Waals surface area contributed by atoms with Crippen molar-refractivity contribution >= 4 is 28.8 Å². The average Bonchev–Trinajstić information content (AvgIpc) is 3.05. The highest BCUT2D eigenvalue weighted by Crippen LogP contribution is 2.38. The van der Waals surface area contributed by atoms with Crippen LogP contribution in [-0.4, -0.2) is 26.0 Å². The van der Waals surface area contributed by atoms with Gasteiger partial charge in [-0.1, -0.05) is 24.3 Å². The van der Waals surface area contributed by atoms with Crippen molar-refractivity contribution in [2.45, 2.75) is 6.92 Å². The molecule has 0 aliphatic carbocycles. The van der Waals surface area contributed by atoms with Gasteiger partial charge in [-0.25, -0.2) is 13.7 Å². The quantitative estimate of drug-likeness (QED) is 0.552. The molecule has 0 saturated carbocycles. The first kappa shape index (κ1) is 22.0. The highest BCUT2D eigenvalue weighted by Gasteiger charge is 2.41. The Bertz CT molecular complexity index is 1300. The molecule has 1 aliphatic rings. The minimum absolute atomic E-state index is 0.0638. The molecule has 1 N–H and O–H groups in total. The zero-order valence-electron chi connectivity index (χ0n) is 18.1. The van der Waals surface area contributed by atoms with Crippen LogP contribution in [0.15, 0.2) is 66.4 Å². The Labute approximate surface area is 189 Å². The number of nitrogens with zero attached hydrogens (tertiary/aromatic N) is 1. The average molecular weight is 450 g/mol. The third-order valence-corrected chi connectivity index (χ3v) is 5.30. The lowest BCUT2D eigenvalue weighted by molar-refractivity contribution is -0.120. The SMILES string of the molecule is COc1ccc(C2=C(Nc3ccc(F)c(F)c3)C(=O)N(c3ccccc3C)C2=O)cc1OC. The number of hydrogen-bond donors (Lipinski definition) is 1. The number of halogens is 2. The van der Waals surface area contributed by atoms with Gasteiger partial charge in [0.05, 0.1) is 25.5 Å². The second-order valence-electron chi connectivity index (χ2n) is 7.31. The predicted molar refractivity (Wildman–Crippen MR) is 120 cm³/mol. The fourth-order valence-electron chi connectivity index (χ4n) is 3.66. The molecule has 2 amide bonds. The van der Waals surface area contributed by atoms with Crippen molar-refractivity contribution in [1.82, 2.24) is 0 Å². The molecule has 0 radical (unpaired) electrons. The smallest absolute Gasteiger partial charge is 0.282 e. The van der Waals surface area contributed by atoms with Crippen LogP contribution in [0, 0.1) is 18.6 Å². The van der Waals surface area contributed by atoms with Crippen LogP contribution in [0.4, 0.5) is 20.2 Å². The van der Waals surface area contributed by atoms with Crippen LogP contribution in [0.1, 0.15) is 11.1 Å². The molecule has 0 saturated heterocycles. The first-order chi connectivity index (χ1) is 15.8. The van der Waals surface area contributed by atoms with Crippen molar-refractivity contribution in [1.29, 1.82) is 0 Å². The van der Waals surface area contributed by atoms with Gasteiger partial charge in [-0.05, 0) is 48.4 Å². The number of carbonyl (C=O) groups excluding carboxylic acids is 2. The summed E-state index contributed by atoms with van der Waals surface area (Å²) in [4.78, 5) is 28.1. The number of hydrogen-bond acceptors (Lipinski definition) is 5. The monoisotopic (exact) mass is 450 g/mol. The topological polar surface area (TPSA) is 67.9 Å². The number of imide groups is 1. The van der Waals surface area contributed by atoms with Gasteiger partial charge in [0.15, 0.2) is 23.1 Å². The molecule has 4 rings (SSSR count). The van der Waals surface area contributed by atoms with Crippen molar-refractivity contribution in [3.63, 3.8) is 0 Å². The van der Waals surface area contributed by atoms with Gasteiger partial charge in [0.1, 0.15) is 5.70 Å². The van der Waals surface area contributed by atoms with Gasteiger partial charge in [0.2, 0.25) is 0 Å². The minimum atomic E-state index is -1.08. The summed E-state index contributed by atoms with van der Waals surface area (Å²) >= 11 is 0. The maximum atomic E-state index is 13.8. The largest absolute Gasteiger partial charge is 0.493 e. The van der Waals surface area contributed by atoms with Gasteiger partial charge in [0.25, 0.3) is 11.8 Å². The van der Waals surface area contributed by atoms with Gasteiger partial charge in [0, 0.05) is 11.8 Å². The van der Waals surface area contributed by atoms with Gasteiger partial charge in [-0.3, -0.25) is 9.59 Å². The third kappa shape index (κ3) is 3.91. The van der Waals surface area contributed by atoms with E-state index in [0.717, 1.165) is 22.6 Å². The number of rotatable bonds is 6. The van der Waals surface area contributed by atoms with E-state index in [1.807, 2.05) is 0 Å². The van der Waals surface area contributed by atoms with E-state index in [-0.39, 0.29) is 17.0 Å². The van der Waals surface area contributed by atoms with Crippen LogP contribution < -0.4 is 19.7 Å². The van der Waals surface area contributed by atoms with Gasteiger partial charge in [-0.2, -0.15) is 0 Å². The number of para-hydroxylation sites is 1. The Morgan fingerprint density at radius 2 is 1.55 bits per heavy atom. The van der Waals surface area contributed by atoms with Crippen LogP contribution in [0.2, 0.25) is 0 Å². The molecule has 0 spiro atoms. The molecule has 168 valence electrons. The van der Waals surface area contributed by atoms with Crippen LogP contribution in [-0.2, 0) is 9.59 Å². The van der Waals surface area contributed by atoms with Gasteiger partial charge < -0.3 is 14.8 Å². The molecule has 1 aliphatic heterocycles. The van der Waals surface area contributed by atoms with E-state index in [1.165, 1.54) is 20.3 Å². The maximum absolute atomic E-state index is 13.8. The van der Waals surface area contributed by atoms with E-state index in [2.05, 4.69) is 5.32 Å². The molecule has 3 aromatic carbocycles. The van der Waals surface area contributed by atoms with Crippen molar-refractivity contribution < 1.29 is 27.8 Å². The molecule has 0 aromatic heterocycles. The highest BCUT2D eigenvalue weighted by atomic mass is 19.2. The lowest BCUT2D eigenvalue weighted by Gasteiger charge is -2.17. The molecule has 0 atom stereocenters. The van der Waals surface area contributed by atoms with Crippen LogP contribution in [0.25, 0.3) is 5.57 Å². The van der Waals surface area contributed by atoms with E-state index < -0.39 is 23.4 Å². The minimum Gasteiger partial charge on any atom is -0.493 e. The van der Waals surface area contributed by atoms with Crippen molar-refractivity contribution in [3.05, 3.63) is 89.1 Å². The first-order valence-electron chi connectivity index (χ1n) is 9.99. The summed E-state index contributed by atoms with van der Waals surface area (Å²) in [6, 6.07) is 14.9. The number of aryl methyl sites for hydroxylation is 1. The van der Waals surface area contributed by atoms with Crippen LogP contribution in [0.3, 0.4) is 0 Å². The van der Waals surface area contributed by atoms with Crippen molar-refractivity contribution in [3.8, 4) is 11.5 Å². The molecular formula is C25H20F2N2O4. The summed E-state index contributed by atoms with van der Waals surface area (Å²) in [5.41, 5.74) is 1.66. The second kappa shape index (κ2) is 8.74. The number of benzene rings is 3. The number of nitrogens with one attached hydrogen (secondary N) is 1. The van der Waals surface area contributed by atoms with E-state index in [0.29, 0.717) is 22.7 Å². The maximum Gasteiger partial charge on any atom is 0.282 e. The Morgan fingerprint density at radius 1 is 0.818 bits per heavy atom. The summed E-state index contributed by atoms with van der Waals surface area (Å²) in [7, 11) is 2.94. The zero-order valence-corrected chi connectivity index (χ0v) is 18.1. The summed E-state index contributed by atoms with van der Waals surface area (Å²) in [5.74, 6) is -2.48. The van der Waals surface area contributed by atoms with E-state index >= 15 is 0 Å². The fourth-order valence-corrected chi connectivity index (χ4v) is 3.66. The highest BCUT2D eigenvalue weighted by molar-refractivity contribution is 6.46. The van der Waals surface area contributed by atoms with Crippen LogP contribution >= 0.6 is 0 Å². The Morgan fingerprint density at radius 3 is 2.21 bits per heavy atom. The molecular weight excluding hydrogens is 430 g/mol. The summed E-state index contributed by atoms with van der Waals surface area (Å²) in [5, 5.41) is 2.81. The molecule has 33 heavy (non-hydrogen) atoms. The zero-order chi connectivity index (χ0) is 23.7. The number of carbonyl (C=O) groups is 2. The standard InChI is InChI=1S/C25H20F2N2O4/c1-14-6-4-5-7-19(14)29-24(30)22(15-8-11-20(32-2)21(12-15)33-3)23(25(29)31)28-16-9-10-17(26)18(27)13-16/h4-13,28H,1-3H3. The number of amides is 2. The normalized spacial score (nSPS) is 13.5. The molecule has 8 heteroatoms. The van der Waals surface area contributed by atoms with Crippen LogP contribution in [0.5, 0.6) is 11.5 Å². The third-order valence-electron chi connectivity index (χ3n) is 5.30. The fraction of sp³-hybridized carbons (Fsp3) is 0.120. The molecule has 6 nitrogen and oxygen atoms in total. The van der Waals surface area contributed by atoms with Gasteiger partial charge in [-0.15, -0.1) is 0 Å². The Balaban J connectivity index is 1.87. The lowest BCUT2D eigenvalue weighted by atomic mass is 10.0. The van der Waals surface area contributed by atoms with Crippen molar-refractivity contribution in [2.24, 2.45) is 0 Å². The van der Waals surface area contributed by atoms with E-state index in [4.69, 9.17) is 9.47 Å². The number of ether oxygens (including phenoxy) is 2. The molecule has 0 unspecified atom stereocenters. The van der Waals surface area contributed by atoms with E-state index in [1.54, 1.807) is 49.4 Å².